The van der Waals surface area contributed by atoms with Gasteiger partial charge in [0.1, 0.15) is 0 Å². The average molecular weight is 359 g/mol. The van der Waals surface area contributed by atoms with E-state index in [0.717, 1.165) is 48.3 Å². The van der Waals surface area contributed by atoms with Crippen LogP contribution in [-0.4, -0.2) is 34.6 Å². The van der Waals surface area contributed by atoms with Gasteiger partial charge in [0.2, 0.25) is 5.88 Å². The fraction of sp³-hybridized carbons (Fsp3) is 0.737. The maximum atomic E-state index is 12.6. The SMILES string of the molecule is O=C(COc1nc(=O)[nH]c2c1COCC2)NC12CC3CC(CC(C3)C1)C2. The molecule has 0 radical (unpaired) electrons. The molecule has 4 bridgehead atoms. The molecule has 0 unspecified atom stereocenters. The smallest absolute Gasteiger partial charge is 0.348 e. The number of amides is 1. The lowest BCUT2D eigenvalue weighted by Crippen LogP contribution is -2.60. The number of nitrogens with one attached hydrogen (secondary N) is 2. The first kappa shape index (κ1) is 16.3. The molecule has 2 heterocycles. The molecule has 1 aromatic rings. The molecule has 1 aromatic heterocycles. The third kappa shape index (κ3) is 2.92. The van der Waals surface area contributed by atoms with E-state index in [1.807, 2.05) is 0 Å². The Kier molecular flexibility index (Phi) is 3.81. The largest absolute Gasteiger partial charge is 0.467 e. The molecule has 7 heteroatoms. The predicted molar refractivity (Wildman–Crippen MR) is 92.8 cm³/mol. The van der Waals surface area contributed by atoms with Gasteiger partial charge in [-0.3, -0.25) is 4.79 Å². The van der Waals surface area contributed by atoms with E-state index in [9.17, 15) is 9.59 Å². The third-order valence-electron chi connectivity index (χ3n) is 6.61. The van der Waals surface area contributed by atoms with Crippen LogP contribution in [0.25, 0.3) is 0 Å². The topological polar surface area (TPSA) is 93.3 Å². The zero-order valence-corrected chi connectivity index (χ0v) is 14.9. The van der Waals surface area contributed by atoms with Gasteiger partial charge in [0, 0.05) is 17.7 Å². The zero-order valence-electron chi connectivity index (χ0n) is 14.9. The summed E-state index contributed by atoms with van der Waals surface area (Å²) in [6, 6.07) is 0. The molecule has 7 nitrogen and oxygen atoms in total. The van der Waals surface area contributed by atoms with Crippen molar-refractivity contribution in [3.8, 4) is 5.88 Å². The summed E-state index contributed by atoms with van der Waals surface area (Å²) < 4.78 is 11.1. The summed E-state index contributed by atoms with van der Waals surface area (Å²) in [6.07, 6.45) is 7.98. The fourth-order valence-electron chi connectivity index (χ4n) is 6.08. The first-order chi connectivity index (χ1) is 12.6. The Bertz CT molecular complexity index is 752. The molecule has 6 rings (SSSR count). The number of nitrogens with zero attached hydrogens (tertiary/aromatic N) is 1. The number of rotatable bonds is 4. The highest BCUT2D eigenvalue weighted by Crippen LogP contribution is 2.55. The van der Waals surface area contributed by atoms with Gasteiger partial charge in [0.05, 0.1) is 18.8 Å². The quantitative estimate of drug-likeness (QED) is 0.845. The van der Waals surface area contributed by atoms with E-state index in [2.05, 4.69) is 15.3 Å². The Morgan fingerprint density at radius 2 is 1.92 bits per heavy atom. The van der Waals surface area contributed by atoms with Crippen molar-refractivity contribution >= 4 is 5.91 Å². The van der Waals surface area contributed by atoms with Gasteiger partial charge >= 0.3 is 5.69 Å². The lowest BCUT2D eigenvalue weighted by atomic mass is 9.53. The first-order valence-electron chi connectivity index (χ1n) is 9.72. The molecule has 26 heavy (non-hydrogen) atoms. The Morgan fingerprint density at radius 3 is 2.62 bits per heavy atom. The molecule has 4 aliphatic carbocycles. The standard InChI is InChI=1S/C19H25N3O4/c23-16(22-19-6-11-3-12(7-19)5-13(4-11)8-19)10-26-17-14-9-25-2-1-15(14)20-18(24)21-17/h11-13H,1-10H2,(H,22,23)(H,20,21,24). The molecule has 0 aromatic carbocycles. The minimum Gasteiger partial charge on any atom is -0.467 e. The van der Waals surface area contributed by atoms with Crippen molar-refractivity contribution in [2.75, 3.05) is 13.2 Å². The predicted octanol–water partition coefficient (Wildman–Crippen LogP) is 1.31. The molecule has 1 amide bonds. The number of carbonyl (C=O) groups excluding carboxylic acids is 1. The maximum absolute atomic E-state index is 12.6. The van der Waals surface area contributed by atoms with Crippen molar-refractivity contribution in [2.45, 2.75) is 57.1 Å². The minimum absolute atomic E-state index is 0.0285. The number of hydrogen-bond donors (Lipinski definition) is 2. The van der Waals surface area contributed by atoms with Gasteiger partial charge in [-0.05, 0) is 56.3 Å². The molecule has 1 aliphatic heterocycles. The van der Waals surface area contributed by atoms with Crippen molar-refractivity contribution in [3.05, 3.63) is 21.7 Å². The highest BCUT2D eigenvalue weighted by molar-refractivity contribution is 5.78. The summed E-state index contributed by atoms with van der Waals surface area (Å²) in [5, 5.41) is 3.28. The van der Waals surface area contributed by atoms with Crippen molar-refractivity contribution in [3.63, 3.8) is 0 Å². The summed E-state index contributed by atoms with van der Waals surface area (Å²) in [5.41, 5.74) is 1.08. The molecule has 0 spiro atoms. The Labute approximate surface area is 151 Å². The first-order valence-corrected chi connectivity index (χ1v) is 9.72. The summed E-state index contributed by atoms with van der Waals surface area (Å²) in [6.45, 7) is 0.814. The second kappa shape index (κ2) is 6.08. The Balaban J connectivity index is 1.26. The van der Waals surface area contributed by atoms with Crippen LogP contribution in [0.15, 0.2) is 4.79 Å². The molecule has 140 valence electrons. The van der Waals surface area contributed by atoms with E-state index in [0.29, 0.717) is 19.6 Å². The number of carbonyl (C=O) groups is 1. The maximum Gasteiger partial charge on any atom is 0.348 e. The van der Waals surface area contributed by atoms with E-state index >= 15 is 0 Å². The van der Waals surface area contributed by atoms with Gasteiger partial charge < -0.3 is 19.8 Å². The molecule has 5 aliphatic rings. The van der Waals surface area contributed by atoms with Crippen LogP contribution in [0.4, 0.5) is 0 Å². The average Bonchev–Trinajstić information content (AvgIpc) is 2.58. The summed E-state index contributed by atoms with van der Waals surface area (Å²) in [4.78, 5) is 30.9. The number of hydrogen-bond acceptors (Lipinski definition) is 5. The minimum atomic E-state index is -0.442. The van der Waals surface area contributed by atoms with E-state index in [1.54, 1.807) is 0 Å². The summed E-state index contributed by atoms with van der Waals surface area (Å²) in [5.74, 6) is 2.45. The monoisotopic (exact) mass is 359 g/mol. The van der Waals surface area contributed by atoms with Crippen molar-refractivity contribution in [2.24, 2.45) is 17.8 Å². The zero-order chi connectivity index (χ0) is 17.7. The Morgan fingerprint density at radius 1 is 1.23 bits per heavy atom. The van der Waals surface area contributed by atoms with Gasteiger partial charge in [0.15, 0.2) is 6.61 Å². The van der Waals surface area contributed by atoms with Crippen molar-refractivity contribution < 1.29 is 14.3 Å². The van der Waals surface area contributed by atoms with Crippen LogP contribution in [0.1, 0.15) is 49.8 Å². The van der Waals surface area contributed by atoms with Gasteiger partial charge in [-0.25, -0.2) is 4.79 Å². The van der Waals surface area contributed by atoms with Crippen LogP contribution in [0, 0.1) is 17.8 Å². The van der Waals surface area contributed by atoms with Crippen LogP contribution in [0.2, 0.25) is 0 Å². The number of aromatic amines is 1. The van der Waals surface area contributed by atoms with Gasteiger partial charge in [-0.1, -0.05) is 0 Å². The fourth-order valence-corrected chi connectivity index (χ4v) is 6.08. The Hall–Kier alpha value is -1.89. The molecule has 0 atom stereocenters. The number of aromatic nitrogens is 2. The van der Waals surface area contributed by atoms with Crippen molar-refractivity contribution in [1.82, 2.24) is 15.3 Å². The van der Waals surface area contributed by atoms with Gasteiger partial charge in [-0.2, -0.15) is 4.98 Å². The van der Waals surface area contributed by atoms with Crippen LogP contribution < -0.4 is 15.7 Å². The van der Waals surface area contributed by atoms with Crippen molar-refractivity contribution in [1.29, 1.82) is 0 Å². The molecular formula is C19H25N3O4. The second-order valence-corrected chi connectivity index (χ2v) is 8.64. The normalized spacial score (nSPS) is 34.4. The second-order valence-electron chi connectivity index (χ2n) is 8.64. The van der Waals surface area contributed by atoms with E-state index in [1.165, 1.54) is 19.3 Å². The number of fused-ring (bicyclic) bond motifs is 1. The molecule has 4 fully saturated rings. The molecule has 4 saturated carbocycles. The highest BCUT2D eigenvalue weighted by atomic mass is 16.5. The summed E-state index contributed by atoms with van der Waals surface area (Å²) >= 11 is 0. The molecule has 0 saturated heterocycles. The highest BCUT2D eigenvalue weighted by Gasteiger charge is 2.51. The number of ether oxygens (including phenoxy) is 2. The lowest BCUT2D eigenvalue weighted by Gasteiger charge is -2.56. The van der Waals surface area contributed by atoms with Crippen LogP contribution in [0.3, 0.4) is 0 Å². The van der Waals surface area contributed by atoms with Gasteiger partial charge in [0.25, 0.3) is 5.91 Å². The van der Waals surface area contributed by atoms with Crippen LogP contribution >= 0.6 is 0 Å². The van der Waals surface area contributed by atoms with E-state index in [-0.39, 0.29) is 23.9 Å². The molecule has 2 N–H and O–H groups in total. The summed E-state index contributed by atoms with van der Waals surface area (Å²) in [7, 11) is 0. The number of H-pyrrole nitrogens is 1. The third-order valence-corrected chi connectivity index (χ3v) is 6.61. The van der Waals surface area contributed by atoms with E-state index in [4.69, 9.17) is 9.47 Å². The van der Waals surface area contributed by atoms with Crippen LogP contribution in [-0.2, 0) is 22.6 Å². The molecular weight excluding hydrogens is 334 g/mol. The van der Waals surface area contributed by atoms with Crippen LogP contribution in [0.5, 0.6) is 5.88 Å². The lowest BCUT2D eigenvalue weighted by molar-refractivity contribution is -0.129. The van der Waals surface area contributed by atoms with Gasteiger partial charge in [-0.15, -0.1) is 0 Å². The van der Waals surface area contributed by atoms with E-state index < -0.39 is 5.69 Å².